The molecule has 0 aliphatic carbocycles. The molecule has 0 fully saturated rings. The van der Waals surface area contributed by atoms with Crippen LogP contribution in [0.25, 0.3) is 0 Å². The van der Waals surface area contributed by atoms with E-state index in [2.05, 4.69) is 10.6 Å². The van der Waals surface area contributed by atoms with Crippen molar-refractivity contribution in [3.8, 4) is 0 Å². The summed E-state index contributed by atoms with van der Waals surface area (Å²) in [7, 11) is 0. The highest BCUT2D eigenvalue weighted by molar-refractivity contribution is 6.09. The van der Waals surface area contributed by atoms with Gasteiger partial charge in [0.05, 0.1) is 5.56 Å². The molecule has 2 rings (SSSR count). The van der Waals surface area contributed by atoms with Gasteiger partial charge in [-0.15, -0.1) is 0 Å². The molecule has 0 aliphatic rings. The van der Waals surface area contributed by atoms with Crippen molar-refractivity contribution >= 4 is 23.7 Å². The van der Waals surface area contributed by atoms with E-state index in [1.54, 1.807) is 31.2 Å². The Bertz CT molecular complexity index is 847. The minimum Gasteiger partial charge on any atom is -0.452 e. The zero-order valence-corrected chi connectivity index (χ0v) is 15.7. The lowest BCUT2D eigenvalue weighted by Crippen LogP contribution is -2.44. The highest BCUT2D eigenvalue weighted by atomic mass is 16.5. The maximum atomic E-state index is 12.3. The number of ether oxygens (including phenoxy) is 1. The summed E-state index contributed by atoms with van der Waals surface area (Å²) in [6, 6.07) is 14.0. The first-order valence-electron chi connectivity index (χ1n) is 8.88. The monoisotopic (exact) mass is 382 g/mol. The molecule has 3 amide bonds. The summed E-state index contributed by atoms with van der Waals surface area (Å²) in [5.74, 6) is -1.62. The number of esters is 1. The molecule has 7 nitrogen and oxygen atoms in total. The Morgan fingerprint density at radius 3 is 2.07 bits per heavy atom. The Morgan fingerprint density at radius 1 is 0.893 bits per heavy atom. The molecule has 0 spiro atoms. The topological polar surface area (TPSA) is 102 Å². The van der Waals surface area contributed by atoms with Gasteiger partial charge in [0.25, 0.3) is 5.91 Å². The third-order valence-electron chi connectivity index (χ3n) is 4.00. The number of hydrogen-bond donors (Lipinski definition) is 2. The standard InChI is InChI=1S/C21H22N2O5/c1-3-14(2)22-21(27)23-18(24)13-28-20(26)17-11-9-16(10-12-17)19(25)15-7-5-4-6-8-15/h4-12,14H,3,13H2,1-2H3,(H2,22,23,24,27)/t14-/m0/s1. The SMILES string of the molecule is CC[C@H](C)NC(=O)NC(=O)COC(=O)c1ccc(C(=O)c2ccccc2)cc1. The van der Waals surface area contributed by atoms with Crippen molar-refractivity contribution in [3.63, 3.8) is 0 Å². The summed E-state index contributed by atoms with van der Waals surface area (Å²) in [5, 5.41) is 4.65. The van der Waals surface area contributed by atoms with E-state index in [0.717, 1.165) is 6.42 Å². The van der Waals surface area contributed by atoms with Crippen LogP contribution >= 0.6 is 0 Å². The van der Waals surface area contributed by atoms with Crippen LogP contribution in [0.15, 0.2) is 54.6 Å². The summed E-state index contributed by atoms with van der Waals surface area (Å²) >= 11 is 0. The molecule has 0 unspecified atom stereocenters. The van der Waals surface area contributed by atoms with Gasteiger partial charge in [-0.05, 0) is 25.5 Å². The van der Waals surface area contributed by atoms with Crippen LogP contribution < -0.4 is 10.6 Å². The number of urea groups is 1. The Hall–Kier alpha value is -3.48. The first kappa shape index (κ1) is 20.8. The number of amides is 3. The molecule has 7 heteroatoms. The highest BCUT2D eigenvalue weighted by Crippen LogP contribution is 2.11. The first-order chi connectivity index (χ1) is 13.4. The minimum atomic E-state index is -0.731. The van der Waals surface area contributed by atoms with Gasteiger partial charge in [-0.3, -0.25) is 14.9 Å². The van der Waals surface area contributed by atoms with E-state index in [4.69, 9.17) is 4.74 Å². The van der Waals surface area contributed by atoms with Crippen molar-refractivity contribution in [1.29, 1.82) is 0 Å². The molecule has 1 atom stereocenters. The fourth-order valence-corrected chi connectivity index (χ4v) is 2.25. The van der Waals surface area contributed by atoms with Gasteiger partial charge in [-0.25, -0.2) is 9.59 Å². The van der Waals surface area contributed by atoms with Crippen LogP contribution in [0.5, 0.6) is 0 Å². The molecule has 0 saturated carbocycles. The van der Waals surface area contributed by atoms with E-state index in [1.165, 1.54) is 24.3 Å². The van der Waals surface area contributed by atoms with Crippen molar-refractivity contribution < 1.29 is 23.9 Å². The van der Waals surface area contributed by atoms with E-state index in [9.17, 15) is 19.2 Å². The number of ketones is 1. The van der Waals surface area contributed by atoms with Gasteiger partial charge in [-0.1, -0.05) is 49.4 Å². The van der Waals surface area contributed by atoms with Crippen LogP contribution in [0.1, 0.15) is 46.5 Å². The summed E-state index contributed by atoms with van der Waals surface area (Å²) in [6.45, 7) is 3.11. The lowest BCUT2D eigenvalue weighted by atomic mass is 10.0. The molecule has 0 aliphatic heterocycles. The molecule has 0 aromatic heterocycles. The maximum Gasteiger partial charge on any atom is 0.338 e. The van der Waals surface area contributed by atoms with Crippen LogP contribution in [0, 0.1) is 0 Å². The van der Waals surface area contributed by atoms with Crippen molar-refractivity contribution in [2.24, 2.45) is 0 Å². The van der Waals surface area contributed by atoms with Crippen LogP contribution in [-0.4, -0.2) is 36.3 Å². The van der Waals surface area contributed by atoms with E-state index in [-0.39, 0.29) is 17.4 Å². The van der Waals surface area contributed by atoms with Gasteiger partial charge in [0.15, 0.2) is 12.4 Å². The molecule has 0 radical (unpaired) electrons. The largest absolute Gasteiger partial charge is 0.452 e. The summed E-state index contributed by atoms with van der Waals surface area (Å²) < 4.78 is 4.89. The van der Waals surface area contributed by atoms with Gasteiger partial charge < -0.3 is 10.1 Å². The third kappa shape index (κ3) is 6.05. The molecular weight excluding hydrogens is 360 g/mol. The average Bonchev–Trinajstić information content (AvgIpc) is 2.72. The quantitative estimate of drug-likeness (QED) is 0.566. The predicted octanol–water partition coefficient (Wildman–Crippen LogP) is 2.70. The Kier molecular flexibility index (Phi) is 7.45. The van der Waals surface area contributed by atoms with E-state index in [0.29, 0.717) is 11.1 Å². The average molecular weight is 382 g/mol. The summed E-state index contributed by atoms with van der Waals surface area (Å²) in [6.07, 6.45) is 0.722. The fraction of sp³-hybridized carbons (Fsp3) is 0.238. The molecule has 28 heavy (non-hydrogen) atoms. The van der Waals surface area contributed by atoms with Crippen molar-refractivity contribution in [2.75, 3.05) is 6.61 Å². The van der Waals surface area contributed by atoms with Crippen LogP contribution in [-0.2, 0) is 9.53 Å². The molecule has 0 heterocycles. The van der Waals surface area contributed by atoms with Gasteiger partial charge in [-0.2, -0.15) is 0 Å². The lowest BCUT2D eigenvalue weighted by molar-refractivity contribution is -0.123. The fourth-order valence-electron chi connectivity index (χ4n) is 2.25. The van der Waals surface area contributed by atoms with Gasteiger partial charge in [0.1, 0.15) is 0 Å². The van der Waals surface area contributed by atoms with Crippen LogP contribution in [0.4, 0.5) is 4.79 Å². The Morgan fingerprint density at radius 2 is 1.46 bits per heavy atom. The van der Waals surface area contributed by atoms with Crippen LogP contribution in [0.3, 0.4) is 0 Å². The minimum absolute atomic E-state index is 0.0764. The number of benzene rings is 2. The number of carbonyl (C=O) groups is 4. The zero-order chi connectivity index (χ0) is 20.5. The number of nitrogens with one attached hydrogen (secondary N) is 2. The summed E-state index contributed by atoms with van der Waals surface area (Å²) in [5.41, 5.74) is 1.17. The van der Waals surface area contributed by atoms with Gasteiger partial charge >= 0.3 is 12.0 Å². The first-order valence-corrected chi connectivity index (χ1v) is 8.88. The van der Waals surface area contributed by atoms with E-state index in [1.807, 2.05) is 13.0 Å². The second-order valence-electron chi connectivity index (χ2n) is 6.18. The highest BCUT2D eigenvalue weighted by Gasteiger charge is 2.14. The molecule has 2 aromatic carbocycles. The van der Waals surface area contributed by atoms with Crippen molar-refractivity contribution in [3.05, 3.63) is 71.3 Å². The lowest BCUT2D eigenvalue weighted by Gasteiger charge is -2.11. The molecule has 2 N–H and O–H groups in total. The van der Waals surface area contributed by atoms with Gasteiger partial charge in [0.2, 0.25) is 0 Å². The van der Waals surface area contributed by atoms with Crippen molar-refractivity contribution in [1.82, 2.24) is 10.6 Å². The molecule has 0 bridgehead atoms. The number of imide groups is 1. The van der Waals surface area contributed by atoms with E-state index >= 15 is 0 Å². The zero-order valence-electron chi connectivity index (χ0n) is 15.7. The number of hydrogen-bond acceptors (Lipinski definition) is 5. The second-order valence-corrected chi connectivity index (χ2v) is 6.18. The Balaban J connectivity index is 1.87. The molecule has 0 saturated heterocycles. The van der Waals surface area contributed by atoms with Crippen LogP contribution in [0.2, 0.25) is 0 Å². The maximum absolute atomic E-state index is 12.3. The van der Waals surface area contributed by atoms with E-state index < -0.39 is 24.5 Å². The summed E-state index contributed by atoms with van der Waals surface area (Å²) in [4.78, 5) is 47.6. The molecule has 146 valence electrons. The Labute approximate surface area is 163 Å². The molecular formula is C21H22N2O5. The number of rotatable bonds is 7. The predicted molar refractivity (Wildman–Crippen MR) is 103 cm³/mol. The van der Waals surface area contributed by atoms with Gasteiger partial charge in [0, 0.05) is 17.2 Å². The number of carbonyl (C=O) groups excluding carboxylic acids is 4. The molecule has 2 aromatic rings. The van der Waals surface area contributed by atoms with Crippen molar-refractivity contribution in [2.45, 2.75) is 26.3 Å². The third-order valence-corrected chi connectivity index (χ3v) is 4.00. The normalized spacial score (nSPS) is 11.2. The smallest absolute Gasteiger partial charge is 0.338 e. The second kappa shape index (κ2) is 10.0.